The average Bonchev–Trinajstić information content (AvgIpc) is 1.94. The van der Waals surface area contributed by atoms with Crippen LogP contribution >= 0.6 is 0 Å². The highest BCUT2D eigenvalue weighted by Gasteiger charge is 2.19. The number of rotatable bonds is 1. The van der Waals surface area contributed by atoms with E-state index in [1.165, 1.54) is 5.57 Å². The van der Waals surface area contributed by atoms with E-state index in [1.54, 1.807) is 0 Å². The van der Waals surface area contributed by atoms with E-state index >= 15 is 0 Å². The van der Waals surface area contributed by atoms with Crippen LogP contribution in [-0.2, 0) is 0 Å². The second-order valence-corrected chi connectivity index (χ2v) is 3.48. The molecule has 1 aliphatic rings. The summed E-state index contributed by atoms with van der Waals surface area (Å²) in [5, 5.41) is 9.49. The van der Waals surface area contributed by atoms with Crippen molar-refractivity contribution >= 4 is 0 Å². The van der Waals surface area contributed by atoms with Crippen molar-refractivity contribution in [3.8, 4) is 0 Å². The number of allylic oxidation sites excluding steroid dienone is 2. The van der Waals surface area contributed by atoms with Crippen molar-refractivity contribution in [2.45, 2.75) is 32.8 Å². The van der Waals surface area contributed by atoms with E-state index in [-0.39, 0.29) is 6.10 Å². The molecule has 0 bridgehead atoms. The van der Waals surface area contributed by atoms with Crippen LogP contribution in [0.3, 0.4) is 0 Å². The first-order chi connectivity index (χ1) is 5.11. The molecule has 0 aromatic rings. The Hall–Kier alpha value is -0.560. The van der Waals surface area contributed by atoms with E-state index in [4.69, 9.17) is 0 Å². The number of hydrogen-bond acceptors (Lipinski definition) is 1. The Morgan fingerprint density at radius 3 is 2.82 bits per heavy atom. The molecule has 1 rings (SSSR count). The molecule has 1 unspecified atom stereocenters. The summed E-state index contributed by atoms with van der Waals surface area (Å²) in [5.74, 6) is 0.494. The van der Waals surface area contributed by atoms with E-state index < -0.39 is 0 Å². The highest BCUT2D eigenvalue weighted by Crippen LogP contribution is 2.27. The molecular formula is C10H16O. The molecule has 0 spiro atoms. The Morgan fingerprint density at radius 1 is 1.73 bits per heavy atom. The number of aliphatic hydroxyl groups is 1. The van der Waals surface area contributed by atoms with Crippen LogP contribution in [0.4, 0.5) is 0 Å². The second-order valence-electron chi connectivity index (χ2n) is 3.48. The monoisotopic (exact) mass is 152 g/mol. The molecule has 0 fully saturated rings. The van der Waals surface area contributed by atoms with E-state index in [0.29, 0.717) is 5.92 Å². The Bertz CT molecular complexity index is 191. The van der Waals surface area contributed by atoms with E-state index in [1.807, 2.05) is 13.8 Å². The molecule has 0 aromatic carbocycles. The lowest BCUT2D eigenvalue weighted by Gasteiger charge is -2.24. The summed E-state index contributed by atoms with van der Waals surface area (Å²) in [5.41, 5.74) is 2.30. The van der Waals surface area contributed by atoms with E-state index in [0.717, 1.165) is 18.4 Å². The smallest absolute Gasteiger partial charge is 0.0753 e. The second kappa shape index (κ2) is 3.22. The molecule has 1 aliphatic carbocycles. The minimum atomic E-state index is -0.231. The largest absolute Gasteiger partial charge is 0.389 e. The van der Waals surface area contributed by atoms with Gasteiger partial charge in [0.1, 0.15) is 0 Å². The minimum Gasteiger partial charge on any atom is -0.389 e. The fourth-order valence-electron chi connectivity index (χ4n) is 1.42. The van der Waals surface area contributed by atoms with Crippen molar-refractivity contribution in [1.82, 2.24) is 0 Å². The van der Waals surface area contributed by atoms with Crippen molar-refractivity contribution in [3.05, 3.63) is 23.8 Å². The molecule has 0 aliphatic heterocycles. The summed E-state index contributed by atoms with van der Waals surface area (Å²) in [7, 11) is 0. The SMILES string of the molecule is C=C(C)[C@@H]1CC=C(C)C(O)C1. The fraction of sp³-hybridized carbons (Fsp3) is 0.600. The predicted octanol–water partition coefficient (Wildman–Crippen LogP) is 2.28. The summed E-state index contributed by atoms with van der Waals surface area (Å²) >= 11 is 0. The van der Waals surface area contributed by atoms with E-state index in [9.17, 15) is 5.11 Å². The third-order valence-electron chi connectivity index (χ3n) is 2.45. The zero-order valence-corrected chi connectivity index (χ0v) is 7.30. The van der Waals surface area contributed by atoms with Gasteiger partial charge in [0, 0.05) is 0 Å². The zero-order valence-electron chi connectivity index (χ0n) is 7.30. The van der Waals surface area contributed by atoms with Crippen molar-refractivity contribution in [1.29, 1.82) is 0 Å². The highest BCUT2D eigenvalue weighted by molar-refractivity contribution is 5.14. The molecule has 1 heteroatoms. The topological polar surface area (TPSA) is 20.2 Å². The maximum atomic E-state index is 9.49. The molecule has 62 valence electrons. The molecule has 0 amide bonds. The van der Waals surface area contributed by atoms with Crippen LogP contribution in [-0.4, -0.2) is 11.2 Å². The summed E-state index contributed by atoms with van der Waals surface area (Å²) in [4.78, 5) is 0. The summed E-state index contributed by atoms with van der Waals surface area (Å²) in [6.45, 7) is 7.92. The molecule has 0 aromatic heterocycles. The first-order valence-electron chi connectivity index (χ1n) is 4.11. The Labute approximate surface area is 68.4 Å². The highest BCUT2D eigenvalue weighted by atomic mass is 16.3. The van der Waals surface area contributed by atoms with Gasteiger partial charge in [0.15, 0.2) is 0 Å². The third kappa shape index (κ3) is 1.93. The molecule has 1 nitrogen and oxygen atoms in total. The van der Waals surface area contributed by atoms with Crippen LogP contribution in [0, 0.1) is 5.92 Å². The third-order valence-corrected chi connectivity index (χ3v) is 2.45. The van der Waals surface area contributed by atoms with Gasteiger partial charge in [-0.3, -0.25) is 0 Å². The summed E-state index contributed by atoms with van der Waals surface area (Å²) < 4.78 is 0. The van der Waals surface area contributed by atoms with Crippen molar-refractivity contribution < 1.29 is 5.11 Å². The lowest BCUT2D eigenvalue weighted by molar-refractivity contribution is 0.174. The Kier molecular flexibility index (Phi) is 2.50. The van der Waals surface area contributed by atoms with Gasteiger partial charge in [0.25, 0.3) is 0 Å². The minimum absolute atomic E-state index is 0.231. The van der Waals surface area contributed by atoms with Crippen LogP contribution in [0.25, 0.3) is 0 Å². The van der Waals surface area contributed by atoms with Gasteiger partial charge < -0.3 is 5.11 Å². The Morgan fingerprint density at radius 2 is 2.36 bits per heavy atom. The van der Waals surface area contributed by atoms with Crippen LogP contribution in [0.1, 0.15) is 26.7 Å². The van der Waals surface area contributed by atoms with Gasteiger partial charge in [0.05, 0.1) is 6.10 Å². The molecule has 11 heavy (non-hydrogen) atoms. The van der Waals surface area contributed by atoms with Gasteiger partial charge in [-0.1, -0.05) is 18.2 Å². The van der Waals surface area contributed by atoms with Gasteiger partial charge in [-0.05, 0) is 38.2 Å². The van der Waals surface area contributed by atoms with Gasteiger partial charge in [-0.15, -0.1) is 0 Å². The van der Waals surface area contributed by atoms with Crippen LogP contribution in [0.2, 0.25) is 0 Å². The number of hydrogen-bond donors (Lipinski definition) is 1. The fourth-order valence-corrected chi connectivity index (χ4v) is 1.42. The first kappa shape index (κ1) is 8.54. The van der Waals surface area contributed by atoms with Gasteiger partial charge in [-0.2, -0.15) is 0 Å². The normalized spacial score (nSPS) is 31.4. The molecule has 1 N–H and O–H groups in total. The lowest BCUT2D eigenvalue weighted by Crippen LogP contribution is -2.19. The van der Waals surface area contributed by atoms with Crippen LogP contribution in [0.5, 0.6) is 0 Å². The van der Waals surface area contributed by atoms with Gasteiger partial charge >= 0.3 is 0 Å². The molecule has 0 heterocycles. The lowest BCUT2D eigenvalue weighted by atomic mass is 9.84. The summed E-state index contributed by atoms with van der Waals surface area (Å²) in [6.07, 6.45) is 3.80. The van der Waals surface area contributed by atoms with Crippen molar-refractivity contribution in [2.75, 3.05) is 0 Å². The van der Waals surface area contributed by atoms with Crippen molar-refractivity contribution in [3.63, 3.8) is 0 Å². The molecule has 0 saturated heterocycles. The molecule has 0 saturated carbocycles. The number of aliphatic hydroxyl groups excluding tert-OH is 1. The average molecular weight is 152 g/mol. The predicted molar refractivity (Wildman–Crippen MR) is 47.3 cm³/mol. The molecular weight excluding hydrogens is 136 g/mol. The van der Waals surface area contributed by atoms with Gasteiger partial charge in [0.2, 0.25) is 0 Å². The molecule has 2 atom stereocenters. The van der Waals surface area contributed by atoms with Crippen molar-refractivity contribution in [2.24, 2.45) is 5.92 Å². The summed E-state index contributed by atoms with van der Waals surface area (Å²) in [6, 6.07) is 0. The first-order valence-corrected chi connectivity index (χ1v) is 4.11. The van der Waals surface area contributed by atoms with Crippen LogP contribution < -0.4 is 0 Å². The standard InChI is InChI=1S/C10H16O/c1-7(2)9-5-4-8(3)10(11)6-9/h4,9-11H,1,5-6H2,2-3H3/t9-,10?/m1/s1. The molecule has 0 radical (unpaired) electrons. The maximum absolute atomic E-state index is 9.49. The zero-order chi connectivity index (χ0) is 8.43. The van der Waals surface area contributed by atoms with Crippen LogP contribution in [0.15, 0.2) is 23.8 Å². The van der Waals surface area contributed by atoms with E-state index in [2.05, 4.69) is 12.7 Å². The maximum Gasteiger partial charge on any atom is 0.0753 e. The quantitative estimate of drug-likeness (QED) is 0.571. The van der Waals surface area contributed by atoms with Gasteiger partial charge in [-0.25, -0.2) is 0 Å². The Balaban J connectivity index is 2.62.